The van der Waals surface area contributed by atoms with Crippen LogP contribution >= 0.6 is 0 Å². The molecule has 0 saturated heterocycles. The van der Waals surface area contributed by atoms with Crippen LogP contribution in [0.2, 0.25) is 0 Å². The molecule has 0 fully saturated rings. The highest BCUT2D eigenvalue weighted by atomic mass is 16.2. The third kappa shape index (κ3) is 6.04. The zero-order valence-corrected chi connectivity index (χ0v) is 4.41. The molecule has 0 radical (unpaired) electrons. The Morgan fingerprint density at radius 2 is 1.44 bits per heavy atom. The quantitative estimate of drug-likeness (QED) is 0.288. The van der Waals surface area contributed by atoms with Gasteiger partial charge in [0.15, 0.2) is 0 Å². The van der Waals surface area contributed by atoms with Crippen molar-refractivity contribution in [3.05, 3.63) is 6.42 Å². The van der Waals surface area contributed by atoms with Gasteiger partial charge in [0.05, 0.1) is 0 Å². The Bertz CT molecular complexity index is 285. The minimum absolute atomic E-state index is 1.34. The van der Waals surface area contributed by atoms with Crippen LogP contribution < -0.4 is 5.11 Å². The van der Waals surface area contributed by atoms with Gasteiger partial charge in [0.2, 0.25) is 0 Å². The summed E-state index contributed by atoms with van der Waals surface area (Å²) in [6.45, 7) is 0. The minimum atomic E-state index is 1.34. The lowest BCUT2D eigenvalue weighted by Gasteiger charge is -1.69. The van der Waals surface area contributed by atoms with Crippen molar-refractivity contribution in [2.45, 2.75) is 0 Å². The van der Waals surface area contributed by atoms with E-state index in [0.29, 0.717) is 0 Å². The van der Waals surface area contributed by atoms with Crippen molar-refractivity contribution >= 4 is 0 Å². The van der Waals surface area contributed by atoms with E-state index in [1.165, 1.54) is 6.11 Å². The zero-order chi connectivity index (χ0) is 6.95. The molecule has 1 heteroatoms. The van der Waals surface area contributed by atoms with Gasteiger partial charge in [0.1, 0.15) is 0 Å². The second-order valence-electron chi connectivity index (χ2n) is 0.852. The molecule has 0 atom stereocenters. The molecule has 9 heavy (non-hydrogen) atoms. The molecule has 0 aliphatic heterocycles. The Kier molecular flexibility index (Phi) is 4.72. The van der Waals surface area contributed by atoms with Crippen LogP contribution in [0.15, 0.2) is 0 Å². The molecular weight excluding hydrogens is 112 g/mol. The van der Waals surface area contributed by atoms with Gasteiger partial charge in [-0.15, -0.1) is 12.0 Å². The van der Waals surface area contributed by atoms with E-state index in [1.807, 2.05) is 5.92 Å². The highest BCUT2D eigenvalue weighted by Crippen LogP contribution is 1.50. The number of hydrogen-bond donors (Lipinski definition) is 0. The van der Waals surface area contributed by atoms with Crippen LogP contribution in [0.4, 0.5) is 0 Å². The lowest BCUT2D eigenvalue weighted by molar-refractivity contribution is -0.247. The average Bonchev–Trinajstić information content (AvgIpc) is 1.89. The van der Waals surface area contributed by atoms with Crippen molar-refractivity contribution in [2.24, 2.45) is 0 Å². The van der Waals surface area contributed by atoms with E-state index in [4.69, 9.17) is 6.42 Å². The van der Waals surface area contributed by atoms with Gasteiger partial charge in [0.25, 0.3) is 0 Å². The van der Waals surface area contributed by atoms with Crippen molar-refractivity contribution in [3.8, 4) is 41.6 Å². The highest BCUT2D eigenvalue weighted by Gasteiger charge is 1.42. The molecule has 0 aliphatic rings. The van der Waals surface area contributed by atoms with E-state index in [2.05, 4.69) is 23.7 Å². The number of rotatable bonds is 0. The summed E-state index contributed by atoms with van der Waals surface area (Å²) in [5.74, 6) is 12.5. The van der Waals surface area contributed by atoms with Crippen LogP contribution in [0.3, 0.4) is 0 Å². The predicted molar refractivity (Wildman–Crippen MR) is 30.5 cm³/mol. The predicted octanol–water partition coefficient (Wildman–Crippen LogP) is -1.10. The zero-order valence-electron chi connectivity index (χ0n) is 4.41. The topological polar surface area (TPSA) is 23.1 Å². The van der Waals surface area contributed by atoms with Gasteiger partial charge in [-0.3, -0.25) is 5.92 Å². The Morgan fingerprint density at radius 1 is 0.889 bits per heavy atom. The molecule has 40 valence electrons. The second kappa shape index (κ2) is 6.04. The Hall–Kier alpha value is -1.96. The molecule has 0 N–H and O–H groups in total. The molecule has 0 aromatic carbocycles. The summed E-state index contributed by atoms with van der Waals surface area (Å²) in [7, 11) is 0. The largest absolute Gasteiger partial charge is 0.832 e. The van der Waals surface area contributed by atoms with Crippen LogP contribution in [0, 0.1) is 48.1 Å². The summed E-state index contributed by atoms with van der Waals surface area (Å²) in [5.41, 5.74) is 0. The minimum Gasteiger partial charge on any atom is -0.832 e. The molecule has 0 aliphatic carbocycles. The first kappa shape index (κ1) is 7.04. The first-order valence-corrected chi connectivity index (χ1v) is 1.95. The van der Waals surface area contributed by atoms with E-state index < -0.39 is 0 Å². The van der Waals surface area contributed by atoms with Gasteiger partial charge in [0, 0.05) is 0 Å². The van der Waals surface area contributed by atoms with Crippen molar-refractivity contribution in [2.75, 3.05) is 0 Å². The van der Waals surface area contributed by atoms with Crippen molar-refractivity contribution in [1.29, 1.82) is 0 Å². The fraction of sp³-hybridized carbons (Fsp3) is 0. The normalized spacial score (nSPS) is 3.44. The monoisotopic (exact) mass is 112 g/mol. The third-order valence-electron chi connectivity index (χ3n) is 0.364. The average molecular weight is 112 g/mol. The van der Waals surface area contributed by atoms with Gasteiger partial charge in [-0.05, 0) is 17.8 Å². The first-order valence-electron chi connectivity index (χ1n) is 1.95. The summed E-state index contributed by atoms with van der Waals surface area (Å²) in [5, 5.41) is 9.40. The van der Waals surface area contributed by atoms with Gasteiger partial charge in [-0.1, -0.05) is 0 Å². The Labute approximate surface area is 54.1 Å². The van der Waals surface area contributed by atoms with Crippen LogP contribution in [0.25, 0.3) is 0 Å². The molecule has 0 heterocycles. The van der Waals surface area contributed by atoms with Crippen LogP contribution in [-0.2, 0) is 0 Å². The van der Waals surface area contributed by atoms with Crippen molar-refractivity contribution in [1.82, 2.24) is 0 Å². The maximum atomic E-state index is 9.40. The highest BCUT2D eigenvalue weighted by molar-refractivity contribution is 5.37. The molecular formula is C8O-2. The van der Waals surface area contributed by atoms with Gasteiger partial charge < -0.3 is 11.5 Å². The van der Waals surface area contributed by atoms with Crippen LogP contribution in [0.1, 0.15) is 0 Å². The molecule has 0 amide bonds. The van der Waals surface area contributed by atoms with Gasteiger partial charge in [-0.25, -0.2) is 5.92 Å². The Balaban J connectivity index is 3.90. The lowest BCUT2D eigenvalue weighted by Crippen LogP contribution is -1.83. The van der Waals surface area contributed by atoms with Gasteiger partial charge >= 0.3 is 0 Å². The maximum Gasteiger partial charge on any atom is -0.00342 e. The summed E-state index contributed by atoms with van der Waals surface area (Å²) in [6, 6.07) is 0. The molecule has 0 bridgehead atoms. The standard InChI is InChI=1S/C8HO/c1-2-3-4-5-6-7-8-9/h9H/q-1/p-1. The van der Waals surface area contributed by atoms with Crippen molar-refractivity contribution < 1.29 is 5.11 Å². The maximum absolute atomic E-state index is 9.40. The first-order chi connectivity index (χ1) is 4.41. The smallest absolute Gasteiger partial charge is 0.00342 e. The molecule has 0 rings (SSSR count). The van der Waals surface area contributed by atoms with E-state index in [1.54, 1.807) is 5.92 Å². The fourth-order valence-corrected chi connectivity index (χ4v) is 0.151. The molecule has 0 aromatic heterocycles. The van der Waals surface area contributed by atoms with E-state index in [-0.39, 0.29) is 0 Å². The number of hydrogen-bond acceptors (Lipinski definition) is 1. The van der Waals surface area contributed by atoms with Gasteiger partial charge in [-0.2, -0.15) is 0 Å². The summed E-state index contributed by atoms with van der Waals surface area (Å²) < 4.78 is 0. The van der Waals surface area contributed by atoms with Crippen molar-refractivity contribution in [3.63, 3.8) is 0 Å². The SMILES string of the molecule is [C-]#CC#CC#CC#C[O-]. The Morgan fingerprint density at radius 3 is 2.00 bits per heavy atom. The molecule has 0 aromatic rings. The van der Waals surface area contributed by atoms with Crippen LogP contribution in [0.5, 0.6) is 0 Å². The van der Waals surface area contributed by atoms with Crippen LogP contribution in [-0.4, -0.2) is 0 Å². The third-order valence-corrected chi connectivity index (χ3v) is 0.364. The van der Waals surface area contributed by atoms with E-state index in [0.717, 1.165) is 0 Å². The lowest BCUT2D eigenvalue weighted by atomic mass is 10.5. The summed E-state index contributed by atoms with van der Waals surface area (Å²) in [4.78, 5) is 0. The summed E-state index contributed by atoms with van der Waals surface area (Å²) >= 11 is 0. The van der Waals surface area contributed by atoms with E-state index in [9.17, 15) is 5.11 Å². The molecule has 0 saturated carbocycles. The fourth-order valence-electron chi connectivity index (χ4n) is 0.151. The van der Waals surface area contributed by atoms with E-state index >= 15 is 0 Å². The summed E-state index contributed by atoms with van der Waals surface area (Å²) in [6.07, 6.45) is 7.63. The molecule has 0 spiro atoms. The molecule has 0 unspecified atom stereocenters. The second-order valence-corrected chi connectivity index (χ2v) is 0.852. The molecule has 1 nitrogen and oxygen atoms in total.